The Morgan fingerprint density at radius 3 is 2.64 bits per heavy atom. The number of benzene rings is 1. The van der Waals surface area contributed by atoms with Gasteiger partial charge in [0.25, 0.3) is 0 Å². The van der Waals surface area contributed by atoms with Crippen LogP contribution in [0, 0.1) is 6.92 Å². The van der Waals surface area contributed by atoms with E-state index in [2.05, 4.69) is 53.8 Å². The summed E-state index contributed by atoms with van der Waals surface area (Å²) in [5.41, 5.74) is 2.92. The summed E-state index contributed by atoms with van der Waals surface area (Å²) in [6, 6.07) is 12.0. The van der Waals surface area contributed by atoms with Crippen molar-refractivity contribution in [2.75, 3.05) is 12.8 Å². The first-order chi connectivity index (χ1) is 10.8. The van der Waals surface area contributed by atoms with E-state index in [4.69, 9.17) is 0 Å². The van der Waals surface area contributed by atoms with Crippen LogP contribution in [0.15, 0.2) is 40.6 Å². The van der Waals surface area contributed by atoms with Crippen LogP contribution < -0.4 is 0 Å². The van der Waals surface area contributed by atoms with Gasteiger partial charge in [0, 0.05) is 22.4 Å². The number of nitrogens with zero attached hydrogens (tertiary/aromatic N) is 1. The minimum atomic E-state index is 0.614. The highest BCUT2D eigenvalue weighted by Gasteiger charge is 2.24. The molecule has 0 spiro atoms. The second-order valence-corrected chi connectivity index (χ2v) is 7.98. The minimum absolute atomic E-state index is 0.614. The van der Waals surface area contributed by atoms with Gasteiger partial charge in [-0.1, -0.05) is 25.0 Å². The third kappa shape index (κ3) is 3.76. The number of aryl methyl sites for hydroxylation is 1. The van der Waals surface area contributed by atoms with Gasteiger partial charge >= 0.3 is 0 Å². The second-order valence-electron chi connectivity index (χ2n) is 6.15. The number of thioether (sulfide) groups is 1. The van der Waals surface area contributed by atoms with Crippen molar-refractivity contribution in [2.24, 2.45) is 0 Å². The first kappa shape index (κ1) is 16.1. The van der Waals surface area contributed by atoms with Crippen LogP contribution in [-0.2, 0) is 6.54 Å². The average molecular weight is 332 g/mol. The van der Waals surface area contributed by atoms with Crippen molar-refractivity contribution in [1.29, 1.82) is 0 Å². The zero-order valence-corrected chi connectivity index (χ0v) is 15.2. The van der Waals surface area contributed by atoms with E-state index in [-0.39, 0.29) is 0 Å². The van der Waals surface area contributed by atoms with E-state index in [1.54, 1.807) is 4.88 Å². The molecule has 1 saturated heterocycles. The Morgan fingerprint density at radius 2 is 1.95 bits per heavy atom. The molecule has 1 atom stereocenters. The van der Waals surface area contributed by atoms with Crippen LogP contribution in [0.2, 0.25) is 0 Å². The summed E-state index contributed by atoms with van der Waals surface area (Å²) in [7, 11) is 0. The van der Waals surface area contributed by atoms with Crippen molar-refractivity contribution in [3.8, 4) is 0 Å². The maximum atomic E-state index is 2.71. The molecule has 1 fully saturated rings. The summed E-state index contributed by atoms with van der Waals surface area (Å²) in [4.78, 5) is 5.65. The zero-order valence-electron chi connectivity index (χ0n) is 13.5. The van der Waals surface area contributed by atoms with Crippen LogP contribution in [0.3, 0.4) is 0 Å². The molecule has 22 heavy (non-hydrogen) atoms. The van der Waals surface area contributed by atoms with Crippen LogP contribution in [0.25, 0.3) is 0 Å². The minimum Gasteiger partial charge on any atom is -0.291 e. The van der Waals surface area contributed by atoms with E-state index in [0.29, 0.717) is 6.04 Å². The smallest absolute Gasteiger partial charge is 0.0447 e. The number of thiophene rings is 1. The molecular formula is C19H25NS2. The predicted molar refractivity (Wildman–Crippen MR) is 98.9 cm³/mol. The predicted octanol–water partition coefficient (Wildman–Crippen LogP) is 5.90. The Labute approximate surface area is 142 Å². The summed E-state index contributed by atoms with van der Waals surface area (Å²) in [6.45, 7) is 4.57. The molecule has 3 rings (SSSR count). The first-order valence-electron chi connectivity index (χ1n) is 8.19. The van der Waals surface area contributed by atoms with Gasteiger partial charge in [-0.3, -0.25) is 4.90 Å². The summed E-state index contributed by atoms with van der Waals surface area (Å²) in [5.74, 6) is 0. The van der Waals surface area contributed by atoms with Crippen molar-refractivity contribution in [3.05, 3.63) is 51.7 Å². The summed E-state index contributed by atoms with van der Waals surface area (Å²) < 4.78 is 0. The molecule has 3 heteroatoms. The average Bonchev–Trinajstić information content (AvgIpc) is 2.83. The number of likely N-dealkylation sites (tertiary alicyclic amines) is 1. The van der Waals surface area contributed by atoms with Gasteiger partial charge in [-0.05, 0) is 67.3 Å². The van der Waals surface area contributed by atoms with Gasteiger partial charge in [0.2, 0.25) is 0 Å². The Kier molecular flexibility index (Phi) is 5.61. The highest BCUT2D eigenvalue weighted by Crippen LogP contribution is 2.36. The molecule has 118 valence electrons. The fourth-order valence-corrected chi connectivity index (χ4v) is 4.85. The molecule has 0 bridgehead atoms. The lowest BCUT2D eigenvalue weighted by Gasteiger charge is -2.30. The first-order valence-corrected chi connectivity index (χ1v) is 10.3. The third-order valence-electron chi connectivity index (χ3n) is 4.61. The van der Waals surface area contributed by atoms with Crippen molar-refractivity contribution in [3.63, 3.8) is 0 Å². The highest BCUT2D eigenvalue weighted by atomic mass is 32.2. The molecule has 0 saturated carbocycles. The Balaban J connectivity index is 1.79. The van der Waals surface area contributed by atoms with E-state index in [9.17, 15) is 0 Å². The van der Waals surface area contributed by atoms with Crippen LogP contribution in [0.1, 0.15) is 47.7 Å². The summed E-state index contributed by atoms with van der Waals surface area (Å²) in [5, 5.41) is 2.25. The van der Waals surface area contributed by atoms with Gasteiger partial charge < -0.3 is 0 Å². The molecule has 1 aromatic carbocycles. The Morgan fingerprint density at radius 1 is 1.14 bits per heavy atom. The third-order valence-corrected chi connectivity index (χ3v) is 6.48. The van der Waals surface area contributed by atoms with Gasteiger partial charge in [-0.25, -0.2) is 0 Å². The van der Waals surface area contributed by atoms with E-state index in [1.807, 2.05) is 23.1 Å². The molecule has 0 aliphatic carbocycles. The van der Waals surface area contributed by atoms with Gasteiger partial charge in [-0.2, -0.15) is 0 Å². The van der Waals surface area contributed by atoms with E-state index in [1.165, 1.54) is 48.3 Å². The van der Waals surface area contributed by atoms with Crippen LogP contribution in [0.5, 0.6) is 0 Å². The van der Waals surface area contributed by atoms with Crippen molar-refractivity contribution in [1.82, 2.24) is 4.90 Å². The monoisotopic (exact) mass is 331 g/mol. The van der Waals surface area contributed by atoms with Crippen LogP contribution in [-0.4, -0.2) is 17.7 Å². The number of hydrogen-bond donors (Lipinski definition) is 0. The number of hydrogen-bond acceptors (Lipinski definition) is 3. The largest absolute Gasteiger partial charge is 0.291 e. The van der Waals surface area contributed by atoms with Crippen LogP contribution in [0.4, 0.5) is 0 Å². The van der Waals surface area contributed by atoms with Gasteiger partial charge in [0.05, 0.1) is 0 Å². The summed E-state index contributed by atoms with van der Waals surface area (Å²) >= 11 is 3.76. The molecule has 1 aliphatic heterocycles. The lowest BCUT2D eigenvalue weighted by atomic mass is 10.0. The molecule has 1 aromatic heterocycles. The molecule has 0 N–H and O–H groups in total. The van der Waals surface area contributed by atoms with E-state index in [0.717, 1.165) is 6.54 Å². The van der Waals surface area contributed by atoms with Gasteiger partial charge in [0.15, 0.2) is 0 Å². The molecule has 1 unspecified atom stereocenters. The highest BCUT2D eigenvalue weighted by molar-refractivity contribution is 7.98. The Bertz CT molecular complexity index is 588. The lowest BCUT2D eigenvalue weighted by molar-refractivity contribution is 0.195. The van der Waals surface area contributed by atoms with E-state index >= 15 is 0 Å². The fraction of sp³-hybridized carbons (Fsp3) is 0.474. The lowest BCUT2D eigenvalue weighted by Crippen LogP contribution is -2.28. The second kappa shape index (κ2) is 7.67. The molecule has 2 heterocycles. The normalized spacial score (nSPS) is 20.0. The fourth-order valence-electron chi connectivity index (χ4n) is 3.35. The maximum Gasteiger partial charge on any atom is 0.0447 e. The molecule has 1 aliphatic rings. The topological polar surface area (TPSA) is 3.24 Å². The number of rotatable bonds is 4. The van der Waals surface area contributed by atoms with Gasteiger partial charge in [-0.15, -0.1) is 23.1 Å². The van der Waals surface area contributed by atoms with Crippen molar-refractivity contribution in [2.45, 2.75) is 50.1 Å². The van der Waals surface area contributed by atoms with Crippen molar-refractivity contribution < 1.29 is 0 Å². The SMILES string of the molecule is CSc1ccc(CN2CCCCCC2c2sccc2C)cc1. The van der Waals surface area contributed by atoms with Crippen LogP contribution >= 0.6 is 23.1 Å². The molecular weight excluding hydrogens is 306 g/mol. The maximum absolute atomic E-state index is 2.71. The Hall–Kier alpha value is -0.770. The molecule has 0 amide bonds. The molecule has 2 aromatic rings. The molecule has 0 radical (unpaired) electrons. The summed E-state index contributed by atoms with van der Waals surface area (Å²) in [6.07, 6.45) is 7.53. The van der Waals surface area contributed by atoms with Crippen molar-refractivity contribution >= 4 is 23.1 Å². The van der Waals surface area contributed by atoms with E-state index < -0.39 is 0 Å². The van der Waals surface area contributed by atoms with Gasteiger partial charge in [0.1, 0.15) is 0 Å². The quantitative estimate of drug-likeness (QED) is 0.642. The molecule has 1 nitrogen and oxygen atoms in total. The standard InChI is InChI=1S/C19H25NS2/c1-15-11-13-22-19(15)18-6-4-3-5-12-20(18)14-16-7-9-17(21-2)10-8-16/h7-11,13,18H,3-6,12,14H2,1-2H3. The zero-order chi connectivity index (χ0) is 15.4.